The van der Waals surface area contributed by atoms with Crippen LogP contribution in [0.5, 0.6) is 0 Å². The third kappa shape index (κ3) is 1.53. The van der Waals surface area contributed by atoms with E-state index in [-0.39, 0.29) is 29.6 Å². The first kappa shape index (κ1) is 9.93. The van der Waals surface area contributed by atoms with Crippen LogP contribution in [0.25, 0.3) is 0 Å². The summed E-state index contributed by atoms with van der Waals surface area (Å²) >= 11 is 0. The molecule has 2 aliphatic rings. The van der Waals surface area contributed by atoms with Crippen LogP contribution < -0.4 is 5.32 Å². The number of hydrogen-bond acceptors (Lipinski definition) is 4. The van der Waals surface area contributed by atoms with E-state index in [1.165, 1.54) is 7.11 Å². The van der Waals surface area contributed by atoms with E-state index < -0.39 is 0 Å². The zero-order valence-corrected chi connectivity index (χ0v) is 8.87. The number of rotatable bonds is 1. The quantitative estimate of drug-likeness (QED) is 0.618. The van der Waals surface area contributed by atoms with E-state index in [0.29, 0.717) is 0 Å². The van der Waals surface area contributed by atoms with Crippen LogP contribution in [0.3, 0.4) is 0 Å². The second kappa shape index (κ2) is 3.21. The van der Waals surface area contributed by atoms with E-state index >= 15 is 0 Å². The smallest absolute Gasteiger partial charge is 0.323 e. The minimum Gasteiger partial charge on any atom is -0.468 e. The van der Waals surface area contributed by atoms with Gasteiger partial charge < -0.3 is 14.8 Å². The van der Waals surface area contributed by atoms with Gasteiger partial charge in [-0.3, -0.25) is 4.79 Å². The highest BCUT2D eigenvalue weighted by molar-refractivity contribution is 5.76. The summed E-state index contributed by atoms with van der Waals surface area (Å²) in [5.74, 6) is 0.108. The van der Waals surface area contributed by atoms with Crippen LogP contribution in [-0.4, -0.2) is 37.4 Å². The predicted molar refractivity (Wildman–Crippen MR) is 50.9 cm³/mol. The SMILES string of the molecule is COC(=O)C1NCC2OC(C)(C)C[C@@H]21. The van der Waals surface area contributed by atoms with Crippen molar-refractivity contribution >= 4 is 5.97 Å². The van der Waals surface area contributed by atoms with Crippen molar-refractivity contribution in [3.8, 4) is 0 Å². The molecule has 0 aromatic rings. The molecule has 3 atom stereocenters. The molecule has 0 aromatic carbocycles. The zero-order chi connectivity index (χ0) is 10.3. The van der Waals surface area contributed by atoms with Crippen molar-refractivity contribution in [2.75, 3.05) is 13.7 Å². The Balaban J connectivity index is 2.08. The van der Waals surface area contributed by atoms with Crippen molar-refractivity contribution in [2.24, 2.45) is 5.92 Å². The summed E-state index contributed by atoms with van der Waals surface area (Å²) in [5, 5.41) is 3.15. The minimum absolute atomic E-state index is 0.0935. The molecule has 2 fully saturated rings. The summed E-state index contributed by atoms with van der Waals surface area (Å²) in [6.45, 7) is 4.90. The molecule has 14 heavy (non-hydrogen) atoms. The van der Waals surface area contributed by atoms with Gasteiger partial charge in [-0.2, -0.15) is 0 Å². The molecule has 0 amide bonds. The number of esters is 1. The van der Waals surface area contributed by atoms with Gasteiger partial charge in [0.05, 0.1) is 18.8 Å². The van der Waals surface area contributed by atoms with Crippen LogP contribution in [0, 0.1) is 5.92 Å². The Morgan fingerprint density at radius 3 is 2.93 bits per heavy atom. The standard InChI is InChI=1S/C10H17NO3/c1-10(2)4-6-7(14-10)5-11-8(6)9(12)13-3/h6-8,11H,4-5H2,1-3H3/t6-,7?,8?/m0/s1. The second-order valence-electron chi connectivity index (χ2n) is 4.69. The first-order valence-electron chi connectivity index (χ1n) is 5.02. The Hall–Kier alpha value is -0.610. The lowest BCUT2D eigenvalue weighted by Crippen LogP contribution is -2.38. The molecule has 2 heterocycles. The van der Waals surface area contributed by atoms with Crippen LogP contribution in [0.4, 0.5) is 0 Å². The first-order chi connectivity index (χ1) is 6.53. The molecule has 0 aromatic heterocycles. The number of carbonyl (C=O) groups excluding carboxylic acids is 1. The fourth-order valence-electron chi connectivity index (χ4n) is 2.55. The van der Waals surface area contributed by atoms with Crippen LogP contribution in [0.2, 0.25) is 0 Å². The Morgan fingerprint density at radius 1 is 1.57 bits per heavy atom. The number of hydrogen-bond donors (Lipinski definition) is 1. The third-order valence-corrected chi connectivity index (χ3v) is 3.10. The molecule has 2 aliphatic heterocycles. The number of carbonyl (C=O) groups is 1. The average molecular weight is 199 g/mol. The highest BCUT2D eigenvalue weighted by Gasteiger charge is 2.50. The van der Waals surface area contributed by atoms with Crippen molar-refractivity contribution in [1.82, 2.24) is 5.32 Å². The van der Waals surface area contributed by atoms with Gasteiger partial charge in [-0.05, 0) is 20.3 Å². The zero-order valence-electron chi connectivity index (χ0n) is 8.87. The van der Waals surface area contributed by atoms with E-state index in [2.05, 4.69) is 19.2 Å². The van der Waals surface area contributed by atoms with Crippen LogP contribution >= 0.6 is 0 Å². The summed E-state index contributed by atoms with van der Waals surface area (Å²) in [5.41, 5.74) is -0.0935. The molecular formula is C10H17NO3. The Bertz CT molecular complexity index is 252. The van der Waals surface area contributed by atoms with Gasteiger partial charge in [-0.25, -0.2) is 0 Å². The molecule has 0 radical (unpaired) electrons. The Labute approximate surface area is 84.0 Å². The highest BCUT2D eigenvalue weighted by Crippen LogP contribution is 2.39. The maximum Gasteiger partial charge on any atom is 0.323 e. The van der Waals surface area contributed by atoms with Gasteiger partial charge in [0.2, 0.25) is 0 Å². The van der Waals surface area contributed by atoms with Gasteiger partial charge in [0.15, 0.2) is 0 Å². The lowest BCUT2D eigenvalue weighted by molar-refractivity contribution is -0.143. The lowest BCUT2D eigenvalue weighted by atomic mass is 9.91. The second-order valence-corrected chi connectivity index (χ2v) is 4.69. The minimum atomic E-state index is -0.174. The van der Waals surface area contributed by atoms with Gasteiger partial charge in [-0.1, -0.05) is 0 Å². The van der Waals surface area contributed by atoms with Crippen molar-refractivity contribution in [3.05, 3.63) is 0 Å². The first-order valence-corrected chi connectivity index (χ1v) is 5.02. The van der Waals surface area contributed by atoms with Gasteiger partial charge in [-0.15, -0.1) is 0 Å². The van der Waals surface area contributed by atoms with Crippen molar-refractivity contribution in [1.29, 1.82) is 0 Å². The molecule has 2 saturated heterocycles. The van der Waals surface area contributed by atoms with Gasteiger partial charge in [0.25, 0.3) is 0 Å². The molecule has 1 N–H and O–H groups in total. The fourth-order valence-corrected chi connectivity index (χ4v) is 2.55. The normalized spacial score (nSPS) is 39.5. The average Bonchev–Trinajstić information content (AvgIpc) is 2.58. The molecule has 2 unspecified atom stereocenters. The van der Waals surface area contributed by atoms with Gasteiger partial charge >= 0.3 is 5.97 Å². The van der Waals surface area contributed by atoms with Crippen molar-refractivity contribution < 1.29 is 14.3 Å². The van der Waals surface area contributed by atoms with Crippen molar-refractivity contribution in [3.63, 3.8) is 0 Å². The lowest BCUT2D eigenvalue weighted by Gasteiger charge is -2.20. The monoisotopic (exact) mass is 199 g/mol. The molecule has 2 rings (SSSR count). The summed E-state index contributed by atoms with van der Waals surface area (Å²) in [6.07, 6.45) is 1.10. The summed E-state index contributed by atoms with van der Waals surface area (Å²) < 4.78 is 10.6. The summed E-state index contributed by atoms with van der Waals surface area (Å²) in [7, 11) is 1.43. The molecule has 0 aliphatic carbocycles. The molecule has 4 nitrogen and oxygen atoms in total. The van der Waals surface area contributed by atoms with E-state index in [0.717, 1.165) is 13.0 Å². The topological polar surface area (TPSA) is 47.6 Å². The van der Waals surface area contributed by atoms with Crippen LogP contribution in [0.1, 0.15) is 20.3 Å². The number of ether oxygens (including phenoxy) is 2. The van der Waals surface area contributed by atoms with Crippen LogP contribution in [-0.2, 0) is 14.3 Å². The van der Waals surface area contributed by atoms with Crippen molar-refractivity contribution in [2.45, 2.75) is 38.0 Å². The Morgan fingerprint density at radius 2 is 2.29 bits per heavy atom. The highest BCUT2D eigenvalue weighted by atomic mass is 16.5. The van der Waals surface area contributed by atoms with Crippen LogP contribution in [0.15, 0.2) is 0 Å². The third-order valence-electron chi connectivity index (χ3n) is 3.10. The van der Waals surface area contributed by atoms with E-state index in [1.807, 2.05) is 0 Å². The van der Waals surface area contributed by atoms with Gasteiger partial charge in [0, 0.05) is 12.5 Å². The Kier molecular flexibility index (Phi) is 2.27. The molecule has 4 heteroatoms. The maximum absolute atomic E-state index is 11.4. The summed E-state index contributed by atoms with van der Waals surface area (Å²) in [6, 6.07) is -0.174. The van der Waals surface area contributed by atoms with E-state index in [9.17, 15) is 4.79 Å². The fraction of sp³-hybridized carbons (Fsp3) is 0.900. The molecule has 0 saturated carbocycles. The molecule has 0 bridgehead atoms. The van der Waals surface area contributed by atoms with E-state index in [1.54, 1.807) is 0 Å². The maximum atomic E-state index is 11.4. The molecule has 0 spiro atoms. The number of methoxy groups -OCH3 is 1. The number of nitrogens with one attached hydrogen (secondary N) is 1. The largest absolute Gasteiger partial charge is 0.468 e. The van der Waals surface area contributed by atoms with Gasteiger partial charge in [0.1, 0.15) is 6.04 Å². The van der Waals surface area contributed by atoms with E-state index in [4.69, 9.17) is 9.47 Å². The number of fused-ring (bicyclic) bond motifs is 1. The predicted octanol–water partition coefficient (Wildman–Crippen LogP) is 0.315. The molecular weight excluding hydrogens is 182 g/mol. The summed E-state index contributed by atoms with van der Waals surface area (Å²) in [4.78, 5) is 11.4. The molecule has 80 valence electrons.